The molecule has 2 fully saturated rings. The van der Waals surface area contributed by atoms with Crippen LogP contribution in [-0.4, -0.2) is 23.5 Å². The molecule has 0 radical (unpaired) electrons. The molecule has 2 saturated carbocycles. The number of fused-ring (bicyclic) bond motifs is 3. The molecule has 27 heavy (non-hydrogen) atoms. The van der Waals surface area contributed by atoms with E-state index >= 15 is 0 Å². The second-order valence-electron chi connectivity index (χ2n) is 8.82. The molecule has 3 aliphatic rings. The van der Waals surface area contributed by atoms with Crippen molar-refractivity contribution in [1.29, 1.82) is 5.26 Å². The van der Waals surface area contributed by atoms with Gasteiger partial charge in [-0.25, -0.2) is 0 Å². The molecule has 0 spiro atoms. The normalized spacial score (nSPS) is 19.6. The minimum absolute atomic E-state index is 0.486. The topological polar surface area (TPSA) is 27.0 Å². The summed E-state index contributed by atoms with van der Waals surface area (Å²) in [5.41, 5.74) is 7.10. The highest BCUT2D eigenvalue weighted by atomic mass is 15.2. The van der Waals surface area contributed by atoms with Crippen molar-refractivity contribution in [2.45, 2.75) is 69.9 Å². The second-order valence-corrected chi connectivity index (χ2v) is 8.82. The van der Waals surface area contributed by atoms with E-state index in [1.165, 1.54) is 59.1 Å². The highest BCUT2D eigenvalue weighted by Gasteiger charge is 2.46. The van der Waals surface area contributed by atoms with Crippen LogP contribution in [0.15, 0.2) is 36.4 Å². The lowest BCUT2D eigenvalue weighted by molar-refractivity contribution is 0.243. The molecule has 2 aromatic carbocycles. The molecule has 2 aromatic rings. The van der Waals surface area contributed by atoms with Crippen LogP contribution in [0.25, 0.3) is 11.1 Å². The zero-order valence-electron chi connectivity index (χ0n) is 16.5. The third kappa shape index (κ3) is 2.64. The molecule has 0 bridgehead atoms. The molecular formula is C25H28N2. The maximum absolute atomic E-state index is 10.5. The van der Waals surface area contributed by atoms with E-state index in [0.29, 0.717) is 0 Å². The van der Waals surface area contributed by atoms with Gasteiger partial charge in [0, 0.05) is 12.1 Å². The van der Waals surface area contributed by atoms with E-state index in [9.17, 15) is 5.26 Å². The van der Waals surface area contributed by atoms with Gasteiger partial charge in [-0.3, -0.25) is 4.90 Å². The third-order valence-corrected chi connectivity index (χ3v) is 6.88. The first-order chi connectivity index (χ1) is 13.2. The summed E-state index contributed by atoms with van der Waals surface area (Å²) >= 11 is 0. The first-order valence-corrected chi connectivity index (χ1v) is 10.5. The first kappa shape index (κ1) is 17.0. The summed E-state index contributed by atoms with van der Waals surface area (Å²) in [5.74, 6) is 0. The zero-order valence-corrected chi connectivity index (χ0v) is 16.5. The van der Waals surface area contributed by atoms with Crippen molar-refractivity contribution in [3.63, 3.8) is 0 Å². The van der Waals surface area contributed by atoms with Gasteiger partial charge < -0.3 is 0 Å². The number of aryl methyl sites for hydroxylation is 2. The summed E-state index contributed by atoms with van der Waals surface area (Å²) in [6, 6.07) is 17.5. The Hall–Kier alpha value is -2.11. The van der Waals surface area contributed by atoms with Gasteiger partial charge in [0.2, 0.25) is 0 Å². The number of hydrogen-bond acceptors (Lipinski definition) is 2. The smallest absolute Gasteiger partial charge is 0.109 e. The molecule has 0 atom stereocenters. The van der Waals surface area contributed by atoms with Crippen molar-refractivity contribution in [2.24, 2.45) is 0 Å². The van der Waals surface area contributed by atoms with Gasteiger partial charge in [-0.1, -0.05) is 36.4 Å². The predicted octanol–water partition coefficient (Wildman–Crippen LogP) is 5.50. The van der Waals surface area contributed by atoms with Crippen LogP contribution in [0.3, 0.4) is 0 Å². The number of hydrogen-bond donors (Lipinski definition) is 0. The monoisotopic (exact) mass is 356 g/mol. The van der Waals surface area contributed by atoms with Crippen molar-refractivity contribution in [1.82, 2.24) is 4.90 Å². The van der Waals surface area contributed by atoms with Crippen LogP contribution >= 0.6 is 0 Å². The molecule has 2 nitrogen and oxygen atoms in total. The molecule has 0 saturated heterocycles. The van der Waals surface area contributed by atoms with Crippen LogP contribution in [0.4, 0.5) is 0 Å². The quantitative estimate of drug-likeness (QED) is 0.683. The van der Waals surface area contributed by atoms with Crippen molar-refractivity contribution < 1.29 is 0 Å². The molecule has 0 unspecified atom stereocenters. The van der Waals surface area contributed by atoms with E-state index < -0.39 is 5.41 Å². The molecular weight excluding hydrogens is 328 g/mol. The summed E-state index contributed by atoms with van der Waals surface area (Å²) in [4.78, 5) is 2.75. The number of nitriles is 1. The van der Waals surface area contributed by atoms with Crippen molar-refractivity contribution in [2.75, 3.05) is 6.54 Å². The first-order valence-electron chi connectivity index (χ1n) is 10.5. The van der Waals surface area contributed by atoms with Gasteiger partial charge in [0.1, 0.15) is 5.41 Å². The van der Waals surface area contributed by atoms with Crippen LogP contribution in [0.1, 0.15) is 60.8 Å². The molecule has 0 heterocycles. The second kappa shape index (κ2) is 6.21. The number of nitrogens with zero attached hydrogens (tertiary/aromatic N) is 2. The molecule has 5 rings (SSSR count). The van der Waals surface area contributed by atoms with Crippen molar-refractivity contribution >= 4 is 0 Å². The minimum atomic E-state index is -0.486. The average molecular weight is 357 g/mol. The highest BCUT2D eigenvalue weighted by molar-refractivity contribution is 5.85. The maximum Gasteiger partial charge on any atom is 0.109 e. The van der Waals surface area contributed by atoms with Gasteiger partial charge in [-0.2, -0.15) is 5.26 Å². The summed E-state index contributed by atoms with van der Waals surface area (Å²) in [6.45, 7) is 5.50. The van der Waals surface area contributed by atoms with Crippen molar-refractivity contribution in [3.05, 3.63) is 58.7 Å². The van der Waals surface area contributed by atoms with E-state index in [4.69, 9.17) is 0 Å². The van der Waals surface area contributed by atoms with Gasteiger partial charge in [0.25, 0.3) is 0 Å². The highest BCUT2D eigenvalue weighted by Crippen LogP contribution is 2.53. The fraction of sp³-hybridized carbons (Fsp3) is 0.480. The largest absolute Gasteiger partial charge is 0.297 e. The van der Waals surface area contributed by atoms with E-state index in [0.717, 1.165) is 31.5 Å². The van der Waals surface area contributed by atoms with Crippen molar-refractivity contribution in [3.8, 4) is 17.2 Å². The summed E-state index contributed by atoms with van der Waals surface area (Å²) in [7, 11) is 0. The Morgan fingerprint density at radius 2 is 1.44 bits per heavy atom. The van der Waals surface area contributed by atoms with Gasteiger partial charge in [0.05, 0.1) is 6.07 Å². The van der Waals surface area contributed by atoms with E-state index in [1.807, 2.05) is 0 Å². The van der Waals surface area contributed by atoms with Crippen LogP contribution < -0.4 is 0 Å². The Kier molecular flexibility index (Phi) is 3.92. The van der Waals surface area contributed by atoms with Gasteiger partial charge in [-0.15, -0.1) is 0 Å². The van der Waals surface area contributed by atoms with E-state index in [1.54, 1.807) is 0 Å². The summed E-state index contributed by atoms with van der Waals surface area (Å²) < 4.78 is 0. The Labute approximate surface area is 162 Å². The van der Waals surface area contributed by atoms with Gasteiger partial charge in [-0.05, 0) is 92.3 Å². The van der Waals surface area contributed by atoms with Gasteiger partial charge >= 0.3 is 0 Å². The Morgan fingerprint density at radius 3 is 1.89 bits per heavy atom. The Balaban J connectivity index is 1.51. The number of benzene rings is 2. The number of rotatable bonds is 6. The third-order valence-electron chi connectivity index (χ3n) is 6.88. The molecule has 0 N–H and O–H groups in total. The summed E-state index contributed by atoms with van der Waals surface area (Å²) in [5, 5.41) is 10.5. The van der Waals surface area contributed by atoms with Crippen LogP contribution in [0.5, 0.6) is 0 Å². The molecule has 2 heteroatoms. The van der Waals surface area contributed by atoms with Crippen LogP contribution in [0, 0.1) is 25.2 Å². The molecule has 3 aliphatic carbocycles. The molecule has 0 aromatic heterocycles. The minimum Gasteiger partial charge on any atom is -0.297 e. The maximum atomic E-state index is 10.5. The fourth-order valence-electron chi connectivity index (χ4n) is 5.46. The fourth-order valence-corrected chi connectivity index (χ4v) is 5.46. The zero-order chi connectivity index (χ0) is 18.6. The Morgan fingerprint density at radius 1 is 0.926 bits per heavy atom. The molecule has 138 valence electrons. The average Bonchev–Trinajstić information content (AvgIpc) is 3.58. The van der Waals surface area contributed by atoms with Crippen LogP contribution in [-0.2, 0) is 5.41 Å². The summed E-state index contributed by atoms with van der Waals surface area (Å²) in [6.07, 6.45) is 7.54. The lowest BCUT2D eigenvalue weighted by atomic mass is 9.73. The predicted molar refractivity (Wildman–Crippen MR) is 110 cm³/mol. The Bertz CT molecular complexity index is 864. The van der Waals surface area contributed by atoms with Gasteiger partial charge in [0.15, 0.2) is 0 Å². The van der Waals surface area contributed by atoms with E-state index in [2.05, 4.69) is 61.2 Å². The van der Waals surface area contributed by atoms with E-state index in [-0.39, 0.29) is 0 Å². The van der Waals surface area contributed by atoms with Crippen LogP contribution in [0.2, 0.25) is 0 Å². The molecule has 0 amide bonds. The SMILES string of the molecule is Cc1cccc2c1C(C#N)(CCCN(C1CC1)C1CC1)c1c(C)cccc1-2. The lowest BCUT2D eigenvalue weighted by Crippen LogP contribution is -2.32. The standard InChI is InChI=1S/C25H28N2/c1-17-6-3-8-21-22-9-4-7-18(2)24(22)25(16-26,23(17)21)14-5-15-27(19-10-11-19)20-12-13-20/h3-4,6-9,19-20H,5,10-15H2,1-2H3. The molecule has 0 aliphatic heterocycles. The lowest BCUT2D eigenvalue weighted by Gasteiger charge is -2.29.